The second-order valence-electron chi connectivity index (χ2n) is 5.08. The molecule has 0 bridgehead atoms. The lowest BCUT2D eigenvalue weighted by Gasteiger charge is -2.12. The monoisotopic (exact) mass is 298 g/mol. The highest BCUT2D eigenvalue weighted by molar-refractivity contribution is 6.00. The molecule has 1 rings (SSSR count). The molecular formula is C16H24F2N2O. The van der Waals surface area contributed by atoms with Crippen LogP contribution in [0.4, 0.5) is 8.78 Å². The van der Waals surface area contributed by atoms with Crippen LogP contribution in [0.5, 0.6) is 0 Å². The number of rotatable bonds is 9. The third-order valence-electron chi connectivity index (χ3n) is 3.13. The second-order valence-corrected chi connectivity index (χ2v) is 5.08. The molecule has 0 aliphatic carbocycles. The molecule has 0 saturated heterocycles. The molecule has 0 saturated carbocycles. The van der Waals surface area contributed by atoms with Crippen LogP contribution in [0, 0.1) is 0 Å². The number of oxime groups is 1. The molecule has 5 heteroatoms. The van der Waals surface area contributed by atoms with Crippen LogP contribution in [-0.4, -0.2) is 18.9 Å². The first kappa shape index (κ1) is 17.6. The first-order valence-corrected chi connectivity index (χ1v) is 7.36. The second kappa shape index (κ2) is 8.72. The molecule has 0 radical (unpaired) electrons. The van der Waals surface area contributed by atoms with E-state index in [0.29, 0.717) is 13.2 Å². The summed E-state index contributed by atoms with van der Waals surface area (Å²) in [6.45, 7) is 3.76. The van der Waals surface area contributed by atoms with Gasteiger partial charge < -0.3 is 10.6 Å². The summed E-state index contributed by atoms with van der Waals surface area (Å²) in [6, 6.07) is 6.22. The van der Waals surface area contributed by atoms with Crippen LogP contribution < -0.4 is 5.73 Å². The molecule has 0 spiro atoms. The van der Waals surface area contributed by atoms with E-state index in [4.69, 9.17) is 10.6 Å². The summed E-state index contributed by atoms with van der Waals surface area (Å²) in [5.41, 5.74) is 6.96. The Balaban J connectivity index is 2.83. The molecule has 0 unspecified atom stereocenters. The van der Waals surface area contributed by atoms with Gasteiger partial charge in [0.05, 0.1) is 5.71 Å². The highest BCUT2D eigenvalue weighted by Gasteiger charge is 2.23. The number of benzene rings is 1. The van der Waals surface area contributed by atoms with E-state index in [1.807, 2.05) is 0 Å². The summed E-state index contributed by atoms with van der Waals surface area (Å²) in [5.74, 6) is -2.83. The van der Waals surface area contributed by atoms with E-state index in [9.17, 15) is 8.78 Å². The van der Waals surface area contributed by atoms with E-state index < -0.39 is 5.92 Å². The number of unbranched alkanes of at least 4 members (excludes halogenated alkanes) is 2. The highest BCUT2D eigenvalue weighted by Crippen LogP contribution is 2.27. The zero-order valence-corrected chi connectivity index (χ0v) is 12.7. The van der Waals surface area contributed by atoms with Crippen LogP contribution in [0.2, 0.25) is 0 Å². The Morgan fingerprint density at radius 1 is 1.24 bits per heavy atom. The lowest BCUT2D eigenvalue weighted by atomic mass is 10.0. The summed E-state index contributed by atoms with van der Waals surface area (Å²) >= 11 is 0. The topological polar surface area (TPSA) is 47.6 Å². The smallest absolute Gasteiger partial charge is 0.270 e. The molecule has 1 aromatic rings. The van der Waals surface area contributed by atoms with Gasteiger partial charge in [-0.05, 0) is 18.4 Å². The maximum atomic E-state index is 13.2. The highest BCUT2D eigenvalue weighted by atomic mass is 19.3. The van der Waals surface area contributed by atoms with E-state index in [0.717, 1.165) is 43.9 Å². The standard InChI is InChI=1S/C16H24F2N2O/c1-3-4-5-6-15(20-21-12-11-19)13-7-9-14(10-8-13)16(2,17)18/h7-10H,3-6,11-12,19H2,1-2H3/b20-15-. The molecule has 1 aromatic carbocycles. The third-order valence-corrected chi connectivity index (χ3v) is 3.13. The molecule has 0 atom stereocenters. The first-order chi connectivity index (χ1) is 9.99. The Labute approximate surface area is 125 Å². The van der Waals surface area contributed by atoms with Crippen molar-refractivity contribution in [1.29, 1.82) is 0 Å². The Hall–Kier alpha value is -1.49. The lowest BCUT2D eigenvalue weighted by Crippen LogP contribution is -2.10. The van der Waals surface area contributed by atoms with Crippen LogP contribution >= 0.6 is 0 Å². The Kier molecular flexibility index (Phi) is 7.29. The molecule has 0 aromatic heterocycles. The largest absolute Gasteiger partial charge is 0.394 e. The van der Waals surface area contributed by atoms with Crippen molar-refractivity contribution in [3.63, 3.8) is 0 Å². The Morgan fingerprint density at radius 3 is 2.43 bits per heavy atom. The predicted octanol–water partition coefficient (Wildman–Crippen LogP) is 4.06. The van der Waals surface area contributed by atoms with E-state index in [1.54, 1.807) is 12.1 Å². The van der Waals surface area contributed by atoms with E-state index in [-0.39, 0.29) is 5.56 Å². The minimum Gasteiger partial charge on any atom is -0.394 e. The first-order valence-electron chi connectivity index (χ1n) is 7.36. The van der Waals surface area contributed by atoms with Crippen molar-refractivity contribution in [2.45, 2.75) is 45.5 Å². The maximum Gasteiger partial charge on any atom is 0.270 e. The van der Waals surface area contributed by atoms with Gasteiger partial charge in [0.1, 0.15) is 6.61 Å². The van der Waals surface area contributed by atoms with Gasteiger partial charge in [-0.2, -0.15) is 0 Å². The van der Waals surface area contributed by atoms with Crippen molar-refractivity contribution in [1.82, 2.24) is 0 Å². The SMILES string of the molecule is CCCCC/C(=N/OCCN)c1ccc(C(C)(F)F)cc1. The van der Waals surface area contributed by atoms with Gasteiger partial charge in [-0.3, -0.25) is 0 Å². The van der Waals surface area contributed by atoms with Crippen molar-refractivity contribution in [2.24, 2.45) is 10.9 Å². The molecule has 2 N–H and O–H groups in total. The molecular weight excluding hydrogens is 274 g/mol. The summed E-state index contributed by atoms with van der Waals surface area (Å²) in [6.07, 6.45) is 3.96. The number of alkyl halides is 2. The fourth-order valence-corrected chi connectivity index (χ4v) is 1.92. The quantitative estimate of drug-likeness (QED) is 0.424. The Morgan fingerprint density at radius 2 is 1.90 bits per heavy atom. The Bertz CT molecular complexity index is 439. The van der Waals surface area contributed by atoms with Gasteiger partial charge in [0.15, 0.2) is 0 Å². The zero-order chi connectivity index (χ0) is 15.7. The van der Waals surface area contributed by atoms with Crippen molar-refractivity contribution < 1.29 is 13.6 Å². The van der Waals surface area contributed by atoms with Crippen molar-refractivity contribution in [3.8, 4) is 0 Å². The average molecular weight is 298 g/mol. The number of hydrogen-bond acceptors (Lipinski definition) is 3. The van der Waals surface area contributed by atoms with Gasteiger partial charge in [0.2, 0.25) is 0 Å². The number of nitrogens with zero attached hydrogens (tertiary/aromatic N) is 1. The fourth-order valence-electron chi connectivity index (χ4n) is 1.92. The van der Waals surface area contributed by atoms with Gasteiger partial charge in [0.25, 0.3) is 5.92 Å². The number of nitrogens with two attached hydrogens (primary N) is 1. The fraction of sp³-hybridized carbons (Fsp3) is 0.562. The van der Waals surface area contributed by atoms with Crippen LogP contribution in [0.25, 0.3) is 0 Å². The molecule has 0 amide bonds. The third kappa shape index (κ3) is 6.21. The summed E-state index contributed by atoms with van der Waals surface area (Å²) < 4.78 is 26.4. The minimum absolute atomic E-state index is 0.00188. The lowest BCUT2D eigenvalue weighted by molar-refractivity contribution is 0.0175. The molecule has 21 heavy (non-hydrogen) atoms. The number of halogens is 2. The summed E-state index contributed by atoms with van der Waals surface area (Å²) in [7, 11) is 0. The van der Waals surface area contributed by atoms with E-state index in [2.05, 4.69) is 12.1 Å². The minimum atomic E-state index is -2.83. The zero-order valence-electron chi connectivity index (χ0n) is 12.7. The molecule has 0 aliphatic rings. The van der Waals surface area contributed by atoms with Crippen LogP contribution in [0.1, 0.15) is 50.7 Å². The molecule has 3 nitrogen and oxygen atoms in total. The van der Waals surface area contributed by atoms with Gasteiger partial charge in [-0.1, -0.05) is 49.2 Å². The average Bonchev–Trinajstić information content (AvgIpc) is 2.45. The predicted molar refractivity (Wildman–Crippen MR) is 81.7 cm³/mol. The van der Waals surface area contributed by atoms with E-state index in [1.165, 1.54) is 12.1 Å². The summed E-state index contributed by atoms with van der Waals surface area (Å²) in [5, 5.41) is 4.10. The van der Waals surface area contributed by atoms with Crippen LogP contribution in [0.15, 0.2) is 29.4 Å². The van der Waals surface area contributed by atoms with Crippen molar-refractivity contribution in [3.05, 3.63) is 35.4 Å². The van der Waals surface area contributed by atoms with Crippen molar-refractivity contribution in [2.75, 3.05) is 13.2 Å². The molecule has 118 valence electrons. The van der Waals surface area contributed by atoms with Crippen LogP contribution in [-0.2, 0) is 10.8 Å². The van der Waals surface area contributed by atoms with E-state index >= 15 is 0 Å². The molecule has 0 heterocycles. The van der Waals surface area contributed by atoms with Crippen LogP contribution in [0.3, 0.4) is 0 Å². The van der Waals surface area contributed by atoms with Gasteiger partial charge >= 0.3 is 0 Å². The molecule has 0 fully saturated rings. The number of hydrogen-bond donors (Lipinski definition) is 1. The summed E-state index contributed by atoms with van der Waals surface area (Å²) in [4.78, 5) is 5.14. The van der Waals surface area contributed by atoms with Crippen molar-refractivity contribution >= 4 is 5.71 Å². The van der Waals surface area contributed by atoms with Gasteiger partial charge in [0, 0.05) is 19.0 Å². The normalized spacial score (nSPS) is 12.5. The van der Waals surface area contributed by atoms with Gasteiger partial charge in [-0.25, -0.2) is 8.78 Å². The maximum absolute atomic E-state index is 13.2. The van der Waals surface area contributed by atoms with Gasteiger partial charge in [-0.15, -0.1) is 0 Å². The molecule has 0 aliphatic heterocycles.